The first-order chi connectivity index (χ1) is 21.0. The zero-order valence-corrected chi connectivity index (χ0v) is 26.3. The minimum Gasteiger partial charge on any atom is -0.450 e. The van der Waals surface area contributed by atoms with E-state index in [4.69, 9.17) is 21.2 Å². The van der Waals surface area contributed by atoms with Crippen LogP contribution in [0.4, 0.5) is 5.13 Å². The van der Waals surface area contributed by atoms with Crippen LogP contribution in [0, 0.1) is 0 Å². The number of carbonyl (C=O) groups excluding carboxylic acids is 4. The van der Waals surface area contributed by atoms with Crippen LogP contribution in [-0.2, 0) is 39.6 Å². The molecule has 3 atom stereocenters. The second-order valence-electron chi connectivity index (χ2n) is 10.2. The van der Waals surface area contributed by atoms with Crippen molar-refractivity contribution in [1.29, 1.82) is 0 Å². The number of halogens is 1. The molecule has 232 valence electrons. The van der Waals surface area contributed by atoms with Gasteiger partial charge in [-0.2, -0.15) is 0 Å². The number of thiazole rings is 1. The molecule has 44 heavy (non-hydrogen) atoms. The molecule has 2 heterocycles. The Morgan fingerprint density at radius 2 is 1.73 bits per heavy atom. The predicted molar refractivity (Wildman–Crippen MR) is 167 cm³/mol. The molecule has 12 nitrogen and oxygen atoms in total. The molecular weight excluding hydrogens is 630 g/mol. The summed E-state index contributed by atoms with van der Waals surface area (Å²) < 4.78 is 17.6. The molecule has 3 unspecified atom stereocenters. The smallest absolute Gasteiger partial charge is 0.353 e. The summed E-state index contributed by atoms with van der Waals surface area (Å²) in [5, 5.41) is 13.2. The highest BCUT2D eigenvalue weighted by atomic mass is 35.5. The second-order valence-corrected chi connectivity index (χ2v) is 12.8. The van der Waals surface area contributed by atoms with Crippen molar-refractivity contribution < 1.29 is 33.0 Å². The lowest BCUT2D eigenvalue weighted by molar-refractivity contribution is -0.172. The third-order valence-electron chi connectivity index (χ3n) is 6.33. The normalized spacial score (nSPS) is 17.2. The molecule has 0 saturated carbocycles. The molecule has 4 rings (SSSR count). The average Bonchev–Trinajstić information content (AvgIpc) is 3.46. The SMILES string of the molecule is CS(=O)CC1NC(=O)C1NC(=O)/C(=N\OC(C)(C)C(=O)OC(c1ccccc1)c1ccccc1)c1csc(NC(=O)CCl)n1. The molecule has 3 amide bonds. The van der Waals surface area contributed by atoms with Crippen molar-refractivity contribution in [3.05, 3.63) is 82.9 Å². The number of carbonyl (C=O) groups is 4. The Kier molecular flexibility index (Phi) is 10.8. The van der Waals surface area contributed by atoms with E-state index in [0.29, 0.717) is 0 Å². The third kappa shape index (κ3) is 8.27. The Bertz CT molecular complexity index is 1530. The monoisotopic (exact) mass is 659 g/mol. The van der Waals surface area contributed by atoms with Gasteiger partial charge in [0.05, 0.1) is 6.04 Å². The molecule has 1 aliphatic rings. The lowest BCUT2D eigenvalue weighted by Crippen LogP contribution is -2.71. The molecule has 1 saturated heterocycles. The molecule has 0 spiro atoms. The van der Waals surface area contributed by atoms with Crippen LogP contribution in [0.25, 0.3) is 0 Å². The van der Waals surface area contributed by atoms with Crippen LogP contribution in [0.1, 0.15) is 36.8 Å². The Morgan fingerprint density at radius 1 is 1.11 bits per heavy atom. The van der Waals surface area contributed by atoms with E-state index in [9.17, 15) is 23.4 Å². The molecule has 0 bridgehead atoms. The number of anilines is 1. The van der Waals surface area contributed by atoms with Crippen molar-refractivity contribution in [3.8, 4) is 0 Å². The zero-order valence-electron chi connectivity index (χ0n) is 23.9. The number of rotatable bonds is 13. The first-order valence-electron chi connectivity index (χ1n) is 13.3. The number of oxime groups is 1. The number of amides is 3. The molecule has 15 heteroatoms. The second kappa shape index (κ2) is 14.6. The number of nitrogens with one attached hydrogen (secondary N) is 3. The Balaban J connectivity index is 1.58. The van der Waals surface area contributed by atoms with Gasteiger partial charge in [-0.15, -0.1) is 22.9 Å². The Labute approximate surface area is 265 Å². The Morgan fingerprint density at radius 3 is 2.27 bits per heavy atom. The van der Waals surface area contributed by atoms with E-state index < -0.39 is 58.3 Å². The maximum absolute atomic E-state index is 13.4. The van der Waals surface area contributed by atoms with Gasteiger partial charge < -0.3 is 25.5 Å². The van der Waals surface area contributed by atoms with Gasteiger partial charge in [0.25, 0.3) is 5.91 Å². The fourth-order valence-corrected chi connectivity index (χ4v) is 5.60. The van der Waals surface area contributed by atoms with Gasteiger partial charge in [-0.1, -0.05) is 65.8 Å². The van der Waals surface area contributed by atoms with Crippen molar-refractivity contribution >= 4 is 68.3 Å². The summed E-state index contributed by atoms with van der Waals surface area (Å²) in [6.07, 6.45) is 0.737. The predicted octanol–water partition coefficient (Wildman–Crippen LogP) is 2.51. The van der Waals surface area contributed by atoms with Crippen LogP contribution in [0.2, 0.25) is 0 Å². The fraction of sp³-hybridized carbons (Fsp3) is 0.310. The number of ether oxygens (including phenoxy) is 1. The topological polar surface area (TPSA) is 165 Å². The molecular formula is C29H30ClN5O7S2. The van der Waals surface area contributed by atoms with Gasteiger partial charge in [-0.25, -0.2) is 9.78 Å². The van der Waals surface area contributed by atoms with E-state index in [1.165, 1.54) is 25.5 Å². The quantitative estimate of drug-likeness (QED) is 0.0828. The van der Waals surface area contributed by atoms with Gasteiger partial charge >= 0.3 is 5.97 Å². The van der Waals surface area contributed by atoms with Crippen LogP contribution in [-0.4, -0.2) is 74.2 Å². The summed E-state index contributed by atoms with van der Waals surface area (Å²) in [5.41, 5.74) is -0.576. The molecule has 3 aromatic rings. The van der Waals surface area contributed by atoms with Gasteiger partial charge in [-0.05, 0) is 25.0 Å². The lowest BCUT2D eigenvalue weighted by atomic mass is 10.0. The van der Waals surface area contributed by atoms with E-state index in [1.807, 2.05) is 60.7 Å². The maximum atomic E-state index is 13.4. The van der Waals surface area contributed by atoms with E-state index >= 15 is 0 Å². The molecule has 1 fully saturated rings. The lowest BCUT2D eigenvalue weighted by Gasteiger charge is -2.36. The summed E-state index contributed by atoms with van der Waals surface area (Å²) in [5.74, 6) is -2.75. The number of esters is 1. The standard InChI is InChI=1S/C29H30ClN5O7S2/c1-29(2,27(39)41-24(17-10-6-4-7-11-17)18-12-8-5-9-13-18)42-35-23(19-15-43-28(32-19)33-21(36)14-30)26(38)34-22-20(16-44(3)40)31-25(22)37/h4-13,15,20,22,24H,14,16H2,1-3H3,(H,31,37)(H,34,38)(H,32,33,36)/b35-23-. The first kappa shape index (κ1) is 32.8. The summed E-state index contributed by atoms with van der Waals surface area (Å²) >= 11 is 6.56. The summed E-state index contributed by atoms with van der Waals surface area (Å²) in [4.78, 5) is 60.6. The van der Waals surface area contributed by atoms with Crippen LogP contribution in [0.15, 0.2) is 71.2 Å². The molecule has 0 aliphatic carbocycles. The van der Waals surface area contributed by atoms with Crippen molar-refractivity contribution in [3.63, 3.8) is 0 Å². The first-order valence-corrected chi connectivity index (χ1v) is 16.4. The number of benzene rings is 2. The van der Waals surface area contributed by atoms with Gasteiger partial charge in [-0.3, -0.25) is 18.6 Å². The number of aromatic nitrogens is 1. The third-order valence-corrected chi connectivity index (χ3v) is 8.16. The number of nitrogens with zero attached hydrogens (tertiary/aromatic N) is 2. The number of alkyl halides is 1. The van der Waals surface area contributed by atoms with Crippen LogP contribution in [0.3, 0.4) is 0 Å². The molecule has 1 aliphatic heterocycles. The molecule has 1 aromatic heterocycles. The minimum absolute atomic E-state index is 0.00309. The molecule has 0 radical (unpaired) electrons. The van der Waals surface area contributed by atoms with E-state index in [2.05, 4.69) is 26.1 Å². The van der Waals surface area contributed by atoms with Gasteiger partial charge in [0.15, 0.2) is 16.9 Å². The molecule has 3 N–H and O–H groups in total. The van der Waals surface area contributed by atoms with Crippen LogP contribution < -0.4 is 16.0 Å². The van der Waals surface area contributed by atoms with Gasteiger partial charge in [0.2, 0.25) is 17.4 Å². The number of β-lactam (4-membered cyclic amide) rings is 1. The van der Waals surface area contributed by atoms with Gasteiger partial charge in [0, 0.05) is 28.2 Å². The number of hydrogen-bond donors (Lipinski definition) is 3. The average molecular weight is 660 g/mol. The summed E-state index contributed by atoms with van der Waals surface area (Å²) in [6, 6.07) is 16.8. The van der Waals surface area contributed by atoms with Crippen LogP contribution >= 0.6 is 22.9 Å². The molecule has 2 aromatic carbocycles. The maximum Gasteiger partial charge on any atom is 0.353 e. The fourth-order valence-electron chi connectivity index (χ4n) is 4.04. The van der Waals surface area contributed by atoms with E-state index in [1.54, 1.807) is 0 Å². The van der Waals surface area contributed by atoms with Crippen molar-refractivity contribution in [1.82, 2.24) is 15.6 Å². The largest absolute Gasteiger partial charge is 0.450 e. The van der Waals surface area contributed by atoms with Crippen molar-refractivity contribution in [2.24, 2.45) is 5.16 Å². The van der Waals surface area contributed by atoms with Crippen molar-refractivity contribution in [2.75, 3.05) is 23.2 Å². The van der Waals surface area contributed by atoms with E-state index in [-0.39, 0.29) is 28.2 Å². The van der Waals surface area contributed by atoms with Crippen LogP contribution in [0.5, 0.6) is 0 Å². The summed E-state index contributed by atoms with van der Waals surface area (Å²) in [7, 11) is -1.23. The zero-order chi connectivity index (χ0) is 31.9. The highest BCUT2D eigenvalue weighted by Crippen LogP contribution is 2.28. The Hall–Kier alpha value is -4.14. The minimum atomic E-state index is -1.69. The van der Waals surface area contributed by atoms with Gasteiger partial charge in [0.1, 0.15) is 17.6 Å². The highest BCUT2D eigenvalue weighted by molar-refractivity contribution is 7.84. The van der Waals surface area contributed by atoms with Crippen molar-refractivity contribution in [2.45, 2.75) is 37.6 Å². The summed E-state index contributed by atoms with van der Waals surface area (Å²) in [6.45, 7) is 2.86. The van der Waals surface area contributed by atoms with E-state index in [0.717, 1.165) is 22.5 Å². The number of hydrogen-bond acceptors (Lipinski definition) is 10. The highest BCUT2D eigenvalue weighted by Gasteiger charge is 2.42.